The maximum Gasteiger partial charge on any atom is 0.178 e. The lowest BCUT2D eigenvalue weighted by molar-refractivity contribution is 0.101. The summed E-state index contributed by atoms with van der Waals surface area (Å²) in [5.74, 6) is -0.0617. The lowest BCUT2D eigenvalue weighted by atomic mass is 10.2. The van der Waals surface area contributed by atoms with Gasteiger partial charge in [-0.1, -0.05) is 17.3 Å². The largest absolute Gasteiger partial charge is 0.293 e. The Morgan fingerprint density at radius 3 is 2.89 bits per heavy atom. The Balaban J connectivity index is 2.20. The van der Waals surface area contributed by atoms with Crippen LogP contribution in [0.4, 0.5) is 0 Å². The van der Waals surface area contributed by atoms with E-state index in [-0.39, 0.29) is 5.78 Å². The van der Waals surface area contributed by atoms with E-state index < -0.39 is 0 Å². The molecule has 3 aromatic heterocycles. The van der Waals surface area contributed by atoms with Gasteiger partial charge in [-0.3, -0.25) is 4.79 Å². The quantitative estimate of drug-likeness (QED) is 0.640. The molecule has 0 saturated carbocycles. The molecule has 0 N–H and O–H groups in total. The topological polar surface area (TPSA) is 60.2 Å². The predicted octanol–water partition coefficient (Wildman–Crippen LogP) is 1.99. The molecule has 3 heterocycles. The molecule has 88 valence electrons. The fourth-order valence-corrected chi connectivity index (χ4v) is 1.79. The predicted molar refractivity (Wildman–Crippen MR) is 66.2 cm³/mol. The summed E-state index contributed by atoms with van der Waals surface area (Å²) in [5, 5.41) is 8.12. The van der Waals surface area contributed by atoms with Gasteiger partial charge in [-0.2, -0.15) is 0 Å². The van der Waals surface area contributed by atoms with Gasteiger partial charge in [0.15, 0.2) is 5.78 Å². The molecule has 0 fully saturated rings. The first kappa shape index (κ1) is 10.6. The van der Waals surface area contributed by atoms with Crippen LogP contribution in [0.2, 0.25) is 0 Å². The Bertz CT molecular complexity index is 732. The fourth-order valence-electron chi connectivity index (χ4n) is 1.79. The number of rotatable bonds is 2. The molecule has 0 saturated heterocycles. The summed E-state index contributed by atoms with van der Waals surface area (Å²) in [5.41, 5.74) is 2.64. The molecular weight excluding hydrogens is 228 g/mol. The van der Waals surface area contributed by atoms with E-state index in [4.69, 9.17) is 0 Å². The number of hydrogen-bond acceptors (Lipinski definition) is 4. The van der Waals surface area contributed by atoms with Gasteiger partial charge in [-0.05, 0) is 24.3 Å². The second-order valence-electron chi connectivity index (χ2n) is 3.93. The van der Waals surface area contributed by atoms with Gasteiger partial charge in [-0.25, -0.2) is 9.50 Å². The lowest BCUT2D eigenvalue weighted by Crippen LogP contribution is -1.97. The molecule has 0 aliphatic carbocycles. The smallest absolute Gasteiger partial charge is 0.178 e. The zero-order valence-corrected chi connectivity index (χ0v) is 9.74. The van der Waals surface area contributed by atoms with Crippen LogP contribution in [0.15, 0.2) is 42.6 Å². The molecule has 3 rings (SSSR count). The zero-order valence-electron chi connectivity index (χ0n) is 9.74. The van der Waals surface area contributed by atoms with Crippen molar-refractivity contribution in [2.75, 3.05) is 0 Å². The summed E-state index contributed by atoms with van der Waals surface area (Å²) in [7, 11) is 0. The number of ketones is 1. The highest BCUT2D eigenvalue weighted by atomic mass is 16.1. The standard InChI is InChI=1S/C13H10N4O/c1-9(18)10-5-4-6-11(14-10)13-12-7-2-3-8-17(12)16-15-13/h2-8H,1H3. The zero-order chi connectivity index (χ0) is 12.5. The minimum absolute atomic E-state index is 0.0617. The maximum absolute atomic E-state index is 11.3. The molecule has 0 aromatic carbocycles. The average molecular weight is 238 g/mol. The van der Waals surface area contributed by atoms with Crippen LogP contribution in [0.1, 0.15) is 17.4 Å². The summed E-state index contributed by atoms with van der Waals surface area (Å²) in [4.78, 5) is 15.6. The van der Waals surface area contributed by atoms with Gasteiger partial charge in [0.2, 0.25) is 0 Å². The summed E-state index contributed by atoms with van der Waals surface area (Å²) in [6, 6.07) is 11.0. The van der Waals surface area contributed by atoms with Crippen LogP contribution < -0.4 is 0 Å². The molecular formula is C13H10N4O. The molecule has 0 spiro atoms. The molecule has 0 radical (unpaired) electrons. The van der Waals surface area contributed by atoms with Gasteiger partial charge in [-0.15, -0.1) is 5.10 Å². The van der Waals surface area contributed by atoms with Crippen LogP contribution in [0.25, 0.3) is 16.9 Å². The second kappa shape index (κ2) is 4.03. The third-order valence-electron chi connectivity index (χ3n) is 2.68. The molecule has 0 amide bonds. The van der Waals surface area contributed by atoms with Crippen molar-refractivity contribution in [1.29, 1.82) is 0 Å². The van der Waals surface area contributed by atoms with Crippen LogP contribution in [-0.4, -0.2) is 25.6 Å². The van der Waals surface area contributed by atoms with Crippen molar-refractivity contribution in [3.8, 4) is 11.4 Å². The lowest BCUT2D eigenvalue weighted by Gasteiger charge is -1.99. The van der Waals surface area contributed by atoms with Crippen LogP contribution >= 0.6 is 0 Å². The van der Waals surface area contributed by atoms with E-state index in [2.05, 4.69) is 15.3 Å². The number of Topliss-reactive ketones (excluding diaryl/α,β-unsaturated/α-hetero) is 1. The van der Waals surface area contributed by atoms with Crippen molar-refractivity contribution in [3.05, 3.63) is 48.3 Å². The van der Waals surface area contributed by atoms with E-state index in [1.165, 1.54) is 6.92 Å². The van der Waals surface area contributed by atoms with E-state index in [0.717, 1.165) is 5.52 Å². The van der Waals surface area contributed by atoms with E-state index in [1.807, 2.05) is 30.5 Å². The van der Waals surface area contributed by atoms with E-state index >= 15 is 0 Å². The first-order valence-corrected chi connectivity index (χ1v) is 5.54. The minimum atomic E-state index is -0.0617. The number of nitrogens with zero attached hydrogens (tertiary/aromatic N) is 4. The monoisotopic (exact) mass is 238 g/mol. The van der Waals surface area contributed by atoms with Gasteiger partial charge < -0.3 is 0 Å². The van der Waals surface area contributed by atoms with Crippen molar-refractivity contribution in [3.63, 3.8) is 0 Å². The number of carbonyl (C=O) groups excluding carboxylic acids is 1. The SMILES string of the molecule is CC(=O)c1cccc(-c2nnn3ccccc23)n1. The highest BCUT2D eigenvalue weighted by molar-refractivity contribution is 5.92. The normalized spacial score (nSPS) is 10.7. The van der Waals surface area contributed by atoms with Gasteiger partial charge >= 0.3 is 0 Å². The molecule has 0 bridgehead atoms. The maximum atomic E-state index is 11.3. The van der Waals surface area contributed by atoms with Gasteiger partial charge in [0.1, 0.15) is 11.4 Å². The first-order chi connectivity index (χ1) is 8.75. The molecule has 3 aromatic rings. The van der Waals surface area contributed by atoms with Gasteiger partial charge in [0.25, 0.3) is 0 Å². The number of carbonyl (C=O) groups is 1. The Kier molecular flexibility index (Phi) is 2.37. The van der Waals surface area contributed by atoms with Gasteiger partial charge in [0.05, 0.1) is 11.2 Å². The van der Waals surface area contributed by atoms with Crippen LogP contribution in [0, 0.1) is 0 Å². The number of aromatic nitrogens is 4. The summed E-state index contributed by atoms with van der Waals surface area (Å²) in [6.45, 7) is 1.50. The Hall–Kier alpha value is -2.56. The van der Waals surface area contributed by atoms with Crippen LogP contribution in [0.3, 0.4) is 0 Å². The summed E-state index contributed by atoms with van der Waals surface area (Å²) < 4.78 is 1.68. The first-order valence-electron chi connectivity index (χ1n) is 5.54. The van der Waals surface area contributed by atoms with Gasteiger partial charge in [0, 0.05) is 13.1 Å². The van der Waals surface area contributed by atoms with Crippen molar-refractivity contribution in [2.45, 2.75) is 6.92 Å². The Morgan fingerprint density at radius 2 is 2.06 bits per heavy atom. The van der Waals surface area contributed by atoms with Crippen LogP contribution in [0.5, 0.6) is 0 Å². The molecule has 18 heavy (non-hydrogen) atoms. The minimum Gasteiger partial charge on any atom is -0.293 e. The van der Waals surface area contributed by atoms with Crippen molar-refractivity contribution >= 4 is 11.3 Å². The molecule has 0 atom stereocenters. The highest BCUT2D eigenvalue weighted by Gasteiger charge is 2.10. The van der Waals surface area contributed by atoms with Crippen molar-refractivity contribution in [1.82, 2.24) is 19.8 Å². The van der Waals surface area contributed by atoms with Crippen LogP contribution in [-0.2, 0) is 0 Å². The fraction of sp³-hybridized carbons (Fsp3) is 0.0769. The van der Waals surface area contributed by atoms with Crippen molar-refractivity contribution in [2.24, 2.45) is 0 Å². The molecule has 5 nitrogen and oxygen atoms in total. The Labute approximate surface area is 103 Å². The number of fused-ring (bicyclic) bond motifs is 1. The molecule has 5 heteroatoms. The second-order valence-corrected chi connectivity index (χ2v) is 3.93. The van der Waals surface area contributed by atoms with E-state index in [1.54, 1.807) is 16.6 Å². The van der Waals surface area contributed by atoms with E-state index in [9.17, 15) is 4.79 Å². The third kappa shape index (κ3) is 1.66. The Morgan fingerprint density at radius 1 is 1.17 bits per heavy atom. The van der Waals surface area contributed by atoms with Crippen molar-refractivity contribution < 1.29 is 4.79 Å². The summed E-state index contributed by atoms with van der Waals surface area (Å²) >= 11 is 0. The number of pyridine rings is 2. The summed E-state index contributed by atoms with van der Waals surface area (Å²) in [6.07, 6.45) is 1.82. The third-order valence-corrected chi connectivity index (χ3v) is 2.68. The molecule has 0 unspecified atom stereocenters. The highest BCUT2D eigenvalue weighted by Crippen LogP contribution is 2.19. The number of hydrogen-bond donors (Lipinski definition) is 0. The molecule has 0 aliphatic rings. The molecule has 0 aliphatic heterocycles. The van der Waals surface area contributed by atoms with E-state index in [0.29, 0.717) is 17.1 Å². The average Bonchev–Trinajstić information content (AvgIpc) is 2.82.